The van der Waals surface area contributed by atoms with Gasteiger partial charge < -0.3 is 5.32 Å². The molecule has 0 unspecified atom stereocenters. The predicted octanol–water partition coefficient (Wildman–Crippen LogP) is 2.95. The van der Waals surface area contributed by atoms with Crippen LogP contribution in [-0.2, 0) is 6.54 Å². The third-order valence-electron chi connectivity index (χ3n) is 2.54. The van der Waals surface area contributed by atoms with Crippen LogP contribution in [-0.4, -0.2) is 20.3 Å². The quantitative estimate of drug-likeness (QED) is 0.941. The van der Waals surface area contributed by atoms with Crippen LogP contribution in [0.15, 0.2) is 24.5 Å². The van der Waals surface area contributed by atoms with Crippen LogP contribution >= 0.6 is 11.6 Å². The summed E-state index contributed by atoms with van der Waals surface area (Å²) in [6.07, 6.45) is 1.39. The molecule has 0 spiro atoms. The van der Waals surface area contributed by atoms with Crippen molar-refractivity contribution in [2.75, 3.05) is 0 Å². The molecule has 0 atom stereocenters. The number of para-hydroxylation sites is 1. The molecular formula is C13H16ClFN4. The number of aromatic nitrogens is 3. The highest BCUT2D eigenvalue weighted by atomic mass is 35.5. The van der Waals surface area contributed by atoms with Crippen LogP contribution in [0.2, 0.25) is 5.02 Å². The van der Waals surface area contributed by atoms with Crippen molar-refractivity contribution in [3.05, 3.63) is 41.2 Å². The summed E-state index contributed by atoms with van der Waals surface area (Å²) in [5, 5.41) is 7.64. The van der Waals surface area contributed by atoms with Gasteiger partial charge in [-0.15, -0.1) is 0 Å². The van der Waals surface area contributed by atoms with E-state index in [9.17, 15) is 4.39 Å². The molecule has 1 N–H and O–H groups in total. The van der Waals surface area contributed by atoms with E-state index in [1.165, 1.54) is 17.1 Å². The molecule has 2 rings (SSSR count). The van der Waals surface area contributed by atoms with Gasteiger partial charge in [-0.25, -0.2) is 14.1 Å². The van der Waals surface area contributed by atoms with Crippen molar-refractivity contribution in [1.29, 1.82) is 0 Å². The largest absolute Gasteiger partial charge is 0.305 e. The summed E-state index contributed by atoms with van der Waals surface area (Å²) in [6, 6.07) is 4.54. The van der Waals surface area contributed by atoms with Gasteiger partial charge in [-0.2, -0.15) is 5.10 Å². The molecule has 6 heteroatoms. The first-order valence-electron chi connectivity index (χ1n) is 5.97. The van der Waals surface area contributed by atoms with Crippen LogP contribution in [0.5, 0.6) is 0 Å². The Bertz CT molecular complexity index is 554. The lowest BCUT2D eigenvalue weighted by Gasteiger charge is -2.20. The van der Waals surface area contributed by atoms with Crippen molar-refractivity contribution >= 4 is 11.6 Å². The number of nitrogens with one attached hydrogen (secondary N) is 1. The van der Waals surface area contributed by atoms with Crippen molar-refractivity contribution < 1.29 is 4.39 Å². The van der Waals surface area contributed by atoms with Crippen molar-refractivity contribution in [3.63, 3.8) is 0 Å². The van der Waals surface area contributed by atoms with Gasteiger partial charge in [0, 0.05) is 5.54 Å². The van der Waals surface area contributed by atoms with Gasteiger partial charge in [0.25, 0.3) is 0 Å². The SMILES string of the molecule is CC(C)(C)NCc1ncnn1-c1c(F)cccc1Cl. The summed E-state index contributed by atoms with van der Waals surface area (Å²) in [5.41, 5.74) is 0.169. The standard InChI is InChI=1S/C13H16ClFN4/c1-13(2,3)17-7-11-16-8-18-19(11)12-9(14)5-4-6-10(12)15/h4-6,8,17H,7H2,1-3H3. The Hall–Kier alpha value is -1.46. The fourth-order valence-corrected chi connectivity index (χ4v) is 1.85. The lowest BCUT2D eigenvalue weighted by molar-refractivity contribution is 0.414. The Morgan fingerprint density at radius 3 is 2.74 bits per heavy atom. The molecule has 0 saturated carbocycles. The van der Waals surface area contributed by atoms with Gasteiger partial charge in [0.2, 0.25) is 0 Å². The Labute approximate surface area is 116 Å². The summed E-state index contributed by atoms with van der Waals surface area (Å²) in [5.74, 6) is 0.192. The maximum Gasteiger partial charge on any atom is 0.150 e. The topological polar surface area (TPSA) is 42.7 Å². The van der Waals surface area contributed by atoms with Gasteiger partial charge >= 0.3 is 0 Å². The molecule has 0 fully saturated rings. The molecule has 2 aromatic rings. The highest BCUT2D eigenvalue weighted by Gasteiger charge is 2.16. The van der Waals surface area contributed by atoms with Gasteiger partial charge in [0.15, 0.2) is 0 Å². The number of rotatable bonds is 3. The fourth-order valence-electron chi connectivity index (χ4n) is 1.61. The molecule has 1 aromatic heterocycles. The van der Waals surface area contributed by atoms with E-state index in [1.54, 1.807) is 12.1 Å². The van der Waals surface area contributed by atoms with Crippen LogP contribution in [0.4, 0.5) is 4.39 Å². The summed E-state index contributed by atoms with van der Waals surface area (Å²) in [4.78, 5) is 4.14. The average Bonchev–Trinajstić information content (AvgIpc) is 2.73. The molecule has 1 aromatic carbocycles. The summed E-state index contributed by atoms with van der Waals surface area (Å²) in [6.45, 7) is 6.62. The van der Waals surface area contributed by atoms with E-state index < -0.39 is 5.82 Å². The van der Waals surface area contributed by atoms with E-state index in [-0.39, 0.29) is 11.2 Å². The molecule has 0 aliphatic carbocycles. The first-order valence-corrected chi connectivity index (χ1v) is 6.34. The molecule has 19 heavy (non-hydrogen) atoms. The number of benzene rings is 1. The van der Waals surface area contributed by atoms with E-state index in [4.69, 9.17) is 11.6 Å². The Kier molecular flexibility index (Phi) is 3.87. The van der Waals surface area contributed by atoms with Crippen LogP contribution in [0.1, 0.15) is 26.6 Å². The molecule has 102 valence electrons. The fraction of sp³-hybridized carbons (Fsp3) is 0.385. The van der Waals surface area contributed by atoms with Gasteiger partial charge in [-0.05, 0) is 32.9 Å². The van der Waals surface area contributed by atoms with Crippen molar-refractivity contribution in [2.45, 2.75) is 32.9 Å². The van der Waals surface area contributed by atoms with Crippen molar-refractivity contribution in [2.24, 2.45) is 0 Å². The normalized spacial score (nSPS) is 11.8. The number of hydrogen-bond donors (Lipinski definition) is 1. The Morgan fingerprint density at radius 2 is 2.11 bits per heavy atom. The zero-order valence-electron chi connectivity index (χ0n) is 11.1. The second-order valence-corrected chi connectivity index (χ2v) is 5.67. The second kappa shape index (κ2) is 5.27. The summed E-state index contributed by atoms with van der Waals surface area (Å²) < 4.78 is 15.3. The number of nitrogens with zero attached hydrogens (tertiary/aromatic N) is 3. The van der Waals surface area contributed by atoms with Crippen molar-refractivity contribution in [1.82, 2.24) is 20.1 Å². The molecule has 1 heterocycles. The number of halogens is 2. The third-order valence-corrected chi connectivity index (χ3v) is 2.85. The first kappa shape index (κ1) is 14.0. The minimum Gasteiger partial charge on any atom is -0.305 e. The Balaban J connectivity index is 2.34. The molecule has 0 bridgehead atoms. The predicted molar refractivity (Wildman–Crippen MR) is 72.9 cm³/mol. The summed E-state index contributed by atoms with van der Waals surface area (Å²) >= 11 is 6.03. The maximum atomic E-state index is 13.9. The summed E-state index contributed by atoms with van der Waals surface area (Å²) in [7, 11) is 0. The lowest BCUT2D eigenvalue weighted by atomic mass is 10.1. The highest BCUT2D eigenvalue weighted by Crippen LogP contribution is 2.23. The maximum absolute atomic E-state index is 13.9. The minimum atomic E-state index is -0.421. The third kappa shape index (κ3) is 3.30. The van der Waals surface area contributed by atoms with Crippen LogP contribution in [0.25, 0.3) is 5.69 Å². The van der Waals surface area contributed by atoms with E-state index in [1.807, 2.05) is 20.8 Å². The minimum absolute atomic E-state index is 0.0597. The monoisotopic (exact) mass is 282 g/mol. The zero-order chi connectivity index (χ0) is 14.0. The van der Waals surface area contributed by atoms with Crippen LogP contribution in [0, 0.1) is 5.82 Å². The molecule has 0 aliphatic rings. The molecule has 0 aliphatic heterocycles. The molecule has 0 saturated heterocycles. The second-order valence-electron chi connectivity index (χ2n) is 5.26. The molecule has 4 nitrogen and oxygen atoms in total. The smallest absolute Gasteiger partial charge is 0.150 e. The van der Waals surface area contributed by atoms with Crippen LogP contribution in [0.3, 0.4) is 0 Å². The first-order chi connectivity index (χ1) is 8.88. The molecular weight excluding hydrogens is 267 g/mol. The van der Waals surface area contributed by atoms with Gasteiger partial charge in [-0.3, -0.25) is 0 Å². The van der Waals surface area contributed by atoms with Gasteiger partial charge in [0.1, 0.15) is 23.7 Å². The zero-order valence-corrected chi connectivity index (χ0v) is 11.9. The molecule has 0 radical (unpaired) electrons. The average molecular weight is 283 g/mol. The van der Waals surface area contributed by atoms with Crippen molar-refractivity contribution in [3.8, 4) is 5.69 Å². The van der Waals surface area contributed by atoms with Gasteiger partial charge in [-0.1, -0.05) is 17.7 Å². The van der Waals surface area contributed by atoms with E-state index >= 15 is 0 Å². The van der Waals surface area contributed by atoms with E-state index in [2.05, 4.69) is 15.4 Å². The molecule has 0 amide bonds. The highest BCUT2D eigenvalue weighted by molar-refractivity contribution is 6.32. The Morgan fingerprint density at radius 1 is 1.37 bits per heavy atom. The van der Waals surface area contributed by atoms with E-state index in [0.29, 0.717) is 17.4 Å². The van der Waals surface area contributed by atoms with Gasteiger partial charge in [0.05, 0.1) is 11.6 Å². The lowest BCUT2D eigenvalue weighted by Crippen LogP contribution is -2.36. The van der Waals surface area contributed by atoms with E-state index in [0.717, 1.165) is 0 Å². The van der Waals surface area contributed by atoms with Crippen LogP contribution < -0.4 is 5.32 Å². The number of hydrogen-bond acceptors (Lipinski definition) is 3.